The lowest BCUT2D eigenvalue weighted by Gasteiger charge is -2.29. The zero-order valence-corrected chi connectivity index (χ0v) is 14.8. The molecule has 0 heterocycles. The minimum atomic E-state index is -0.243. The van der Waals surface area contributed by atoms with E-state index in [4.69, 9.17) is 0 Å². The second-order valence-corrected chi connectivity index (χ2v) is 6.85. The van der Waals surface area contributed by atoms with Gasteiger partial charge in [-0.15, -0.1) is 0 Å². The zero-order chi connectivity index (χ0) is 17.8. The van der Waals surface area contributed by atoms with E-state index in [1.165, 1.54) is 23.3 Å². The Labute approximate surface area is 148 Å². The highest BCUT2D eigenvalue weighted by molar-refractivity contribution is 5.78. The van der Waals surface area contributed by atoms with E-state index < -0.39 is 0 Å². The quantitative estimate of drug-likeness (QED) is 0.892. The van der Waals surface area contributed by atoms with Gasteiger partial charge in [-0.3, -0.25) is 9.69 Å². The summed E-state index contributed by atoms with van der Waals surface area (Å²) in [4.78, 5) is 14.5. The van der Waals surface area contributed by atoms with Gasteiger partial charge in [-0.1, -0.05) is 36.4 Å². The Kier molecular flexibility index (Phi) is 5.49. The van der Waals surface area contributed by atoms with Gasteiger partial charge in [-0.25, -0.2) is 4.39 Å². The van der Waals surface area contributed by atoms with Crippen molar-refractivity contribution in [2.24, 2.45) is 0 Å². The van der Waals surface area contributed by atoms with Crippen LogP contribution in [0.15, 0.2) is 48.5 Å². The van der Waals surface area contributed by atoms with E-state index in [0.717, 1.165) is 24.8 Å². The Morgan fingerprint density at radius 2 is 1.96 bits per heavy atom. The van der Waals surface area contributed by atoms with Gasteiger partial charge in [0.1, 0.15) is 5.82 Å². The number of carbonyl (C=O) groups excluding carboxylic acids is 1. The lowest BCUT2D eigenvalue weighted by atomic mass is 9.88. The highest BCUT2D eigenvalue weighted by atomic mass is 19.1. The topological polar surface area (TPSA) is 32.3 Å². The monoisotopic (exact) mass is 340 g/mol. The number of nitrogens with one attached hydrogen (secondary N) is 1. The summed E-state index contributed by atoms with van der Waals surface area (Å²) in [6, 6.07) is 15.0. The molecule has 3 rings (SSSR count). The van der Waals surface area contributed by atoms with Gasteiger partial charge in [0, 0.05) is 6.04 Å². The first kappa shape index (κ1) is 17.6. The van der Waals surface area contributed by atoms with Crippen molar-refractivity contribution in [1.82, 2.24) is 10.2 Å². The molecule has 4 heteroatoms. The fourth-order valence-corrected chi connectivity index (χ4v) is 3.50. The van der Waals surface area contributed by atoms with Gasteiger partial charge in [0.05, 0.1) is 12.6 Å². The highest BCUT2D eigenvalue weighted by Crippen LogP contribution is 2.29. The molecule has 2 aromatic carbocycles. The summed E-state index contributed by atoms with van der Waals surface area (Å²) in [5.41, 5.74) is 3.59. The molecule has 0 saturated heterocycles. The molecule has 1 aliphatic carbocycles. The van der Waals surface area contributed by atoms with Gasteiger partial charge in [-0.05, 0) is 62.1 Å². The molecule has 1 amide bonds. The van der Waals surface area contributed by atoms with Crippen LogP contribution in [0.3, 0.4) is 0 Å². The zero-order valence-electron chi connectivity index (χ0n) is 14.8. The van der Waals surface area contributed by atoms with Gasteiger partial charge in [-0.2, -0.15) is 0 Å². The molecular formula is C21H25FN2O. The predicted octanol–water partition coefficient (Wildman–Crippen LogP) is 4.01. The first-order valence-corrected chi connectivity index (χ1v) is 8.87. The summed E-state index contributed by atoms with van der Waals surface area (Å²) in [7, 11) is 1.92. The van der Waals surface area contributed by atoms with E-state index in [1.807, 2.05) is 24.9 Å². The fraction of sp³-hybridized carbons (Fsp3) is 0.381. The molecule has 0 spiro atoms. The molecule has 0 saturated carbocycles. The maximum absolute atomic E-state index is 13.1. The molecule has 2 unspecified atom stereocenters. The number of hydrogen-bond donors (Lipinski definition) is 1. The molecule has 0 aromatic heterocycles. The summed E-state index contributed by atoms with van der Waals surface area (Å²) >= 11 is 0. The number of likely N-dealkylation sites (N-methyl/N-ethyl adjacent to an activating group) is 1. The molecule has 25 heavy (non-hydrogen) atoms. The Morgan fingerprint density at radius 3 is 2.72 bits per heavy atom. The van der Waals surface area contributed by atoms with E-state index in [9.17, 15) is 9.18 Å². The van der Waals surface area contributed by atoms with Crippen LogP contribution in [0.5, 0.6) is 0 Å². The van der Waals surface area contributed by atoms with Crippen LogP contribution in [0.4, 0.5) is 4.39 Å². The molecule has 0 bridgehead atoms. The molecule has 1 aliphatic rings. The molecule has 1 N–H and O–H groups in total. The van der Waals surface area contributed by atoms with Gasteiger partial charge in [0.2, 0.25) is 5.91 Å². The van der Waals surface area contributed by atoms with Crippen LogP contribution < -0.4 is 5.32 Å². The van der Waals surface area contributed by atoms with Crippen LogP contribution in [0.2, 0.25) is 0 Å². The number of carbonyl (C=O) groups is 1. The number of halogens is 1. The van der Waals surface area contributed by atoms with Crippen molar-refractivity contribution < 1.29 is 9.18 Å². The summed E-state index contributed by atoms with van der Waals surface area (Å²) in [5.74, 6) is -0.217. The number of aryl methyl sites for hydroxylation is 1. The van der Waals surface area contributed by atoms with Crippen molar-refractivity contribution in [2.45, 2.75) is 38.3 Å². The largest absolute Gasteiger partial charge is 0.348 e. The summed E-state index contributed by atoms with van der Waals surface area (Å²) in [5, 5.41) is 3.18. The molecular weight excluding hydrogens is 315 g/mol. The normalized spacial score (nSPS) is 17.8. The van der Waals surface area contributed by atoms with Crippen LogP contribution in [-0.4, -0.2) is 24.4 Å². The van der Waals surface area contributed by atoms with E-state index >= 15 is 0 Å². The number of fused-ring (bicyclic) bond motifs is 1. The minimum absolute atomic E-state index is 0.0261. The maximum Gasteiger partial charge on any atom is 0.234 e. The van der Waals surface area contributed by atoms with Crippen molar-refractivity contribution in [3.63, 3.8) is 0 Å². The molecule has 0 fully saturated rings. The van der Waals surface area contributed by atoms with Crippen LogP contribution in [0.25, 0.3) is 0 Å². The lowest BCUT2D eigenvalue weighted by molar-refractivity contribution is -0.123. The van der Waals surface area contributed by atoms with Crippen molar-refractivity contribution in [2.75, 3.05) is 13.6 Å². The van der Waals surface area contributed by atoms with Crippen molar-refractivity contribution in [1.29, 1.82) is 0 Å². The molecule has 132 valence electrons. The van der Waals surface area contributed by atoms with E-state index in [1.54, 1.807) is 12.1 Å². The van der Waals surface area contributed by atoms with Crippen molar-refractivity contribution in [3.05, 3.63) is 71.0 Å². The molecule has 2 atom stereocenters. The SMILES string of the molecule is CC(c1ccc(F)cc1)N(C)CC(=O)NC1CCCc2ccccc21. The lowest BCUT2D eigenvalue weighted by Crippen LogP contribution is -2.39. The van der Waals surface area contributed by atoms with Crippen LogP contribution in [0.1, 0.15) is 48.5 Å². The molecule has 2 aromatic rings. The van der Waals surface area contributed by atoms with E-state index in [0.29, 0.717) is 6.54 Å². The number of amides is 1. The average molecular weight is 340 g/mol. The smallest absolute Gasteiger partial charge is 0.234 e. The summed E-state index contributed by atoms with van der Waals surface area (Å²) in [6.45, 7) is 2.34. The Bertz CT molecular complexity index is 729. The fourth-order valence-electron chi connectivity index (χ4n) is 3.50. The second kappa shape index (κ2) is 7.79. The first-order valence-electron chi connectivity index (χ1n) is 8.87. The van der Waals surface area contributed by atoms with Gasteiger partial charge in [0.15, 0.2) is 0 Å². The van der Waals surface area contributed by atoms with Gasteiger partial charge >= 0.3 is 0 Å². The third kappa shape index (κ3) is 4.26. The Morgan fingerprint density at radius 1 is 1.24 bits per heavy atom. The Hall–Kier alpha value is -2.20. The number of nitrogens with zero attached hydrogens (tertiary/aromatic N) is 1. The highest BCUT2D eigenvalue weighted by Gasteiger charge is 2.22. The van der Waals surface area contributed by atoms with Gasteiger partial charge < -0.3 is 5.32 Å². The average Bonchev–Trinajstić information content (AvgIpc) is 2.62. The second-order valence-electron chi connectivity index (χ2n) is 6.85. The number of hydrogen-bond acceptors (Lipinski definition) is 2. The minimum Gasteiger partial charge on any atom is -0.348 e. The van der Waals surface area contributed by atoms with Crippen LogP contribution >= 0.6 is 0 Å². The predicted molar refractivity (Wildman–Crippen MR) is 97.7 cm³/mol. The maximum atomic E-state index is 13.1. The van der Waals surface area contributed by atoms with Crippen molar-refractivity contribution >= 4 is 5.91 Å². The molecule has 0 radical (unpaired) electrons. The van der Waals surface area contributed by atoms with Crippen LogP contribution in [-0.2, 0) is 11.2 Å². The van der Waals surface area contributed by atoms with Gasteiger partial charge in [0.25, 0.3) is 0 Å². The first-order chi connectivity index (χ1) is 12.0. The van der Waals surface area contributed by atoms with E-state index in [2.05, 4.69) is 23.5 Å². The van der Waals surface area contributed by atoms with E-state index in [-0.39, 0.29) is 23.8 Å². The van der Waals surface area contributed by atoms with Crippen LogP contribution in [0, 0.1) is 5.82 Å². The van der Waals surface area contributed by atoms with Crippen molar-refractivity contribution in [3.8, 4) is 0 Å². The molecule has 0 aliphatic heterocycles. The summed E-state index contributed by atoms with van der Waals surface area (Å²) < 4.78 is 13.1. The number of rotatable bonds is 5. The third-order valence-electron chi connectivity index (χ3n) is 5.11. The third-order valence-corrected chi connectivity index (χ3v) is 5.11. The molecule has 3 nitrogen and oxygen atoms in total. The number of benzene rings is 2. The summed E-state index contributed by atoms with van der Waals surface area (Å²) in [6.07, 6.45) is 3.17. The Balaban J connectivity index is 1.60. The standard InChI is InChI=1S/C21H25FN2O/c1-15(16-10-12-18(22)13-11-16)24(2)14-21(25)23-20-9-5-7-17-6-3-4-8-19(17)20/h3-4,6,8,10-13,15,20H,5,7,9,14H2,1-2H3,(H,23,25).